The van der Waals surface area contributed by atoms with Crippen LogP contribution in [0.4, 0.5) is 18.9 Å². The Labute approximate surface area is 80.5 Å². The van der Waals surface area contributed by atoms with E-state index in [4.69, 9.17) is 11.6 Å². The Morgan fingerprint density at radius 1 is 1.43 bits per heavy atom. The Bertz CT molecular complexity index is 380. The average molecular weight is 227 g/mol. The third-order valence-electron chi connectivity index (χ3n) is 1.36. The topological polar surface area (TPSA) is 56.0 Å². The summed E-state index contributed by atoms with van der Waals surface area (Å²) in [6.07, 6.45) is -3.64. The van der Waals surface area contributed by atoms with E-state index in [9.17, 15) is 23.3 Å². The smallest absolute Gasteiger partial charge is 0.258 e. The summed E-state index contributed by atoms with van der Waals surface area (Å²) >= 11 is 5.19. The Morgan fingerprint density at radius 3 is 2.43 bits per heavy atom. The molecule has 76 valence electrons. The summed E-state index contributed by atoms with van der Waals surface area (Å²) in [7, 11) is 0. The van der Waals surface area contributed by atoms with E-state index in [-0.39, 0.29) is 0 Å². The number of nitrogens with zero attached hydrogens (tertiary/aromatic N) is 2. The van der Waals surface area contributed by atoms with Crippen LogP contribution in [0.25, 0.3) is 0 Å². The van der Waals surface area contributed by atoms with E-state index >= 15 is 0 Å². The number of halogens is 4. The zero-order chi connectivity index (χ0) is 10.9. The minimum atomic E-state index is -4.74. The van der Waals surface area contributed by atoms with Crippen LogP contribution in [-0.4, -0.2) is 9.91 Å². The van der Waals surface area contributed by atoms with Crippen LogP contribution in [0.1, 0.15) is 5.56 Å². The molecule has 0 fully saturated rings. The van der Waals surface area contributed by atoms with Crippen molar-refractivity contribution in [2.75, 3.05) is 0 Å². The number of pyridine rings is 1. The summed E-state index contributed by atoms with van der Waals surface area (Å²) in [6.45, 7) is 0. The molecule has 1 aromatic rings. The van der Waals surface area contributed by atoms with E-state index in [0.717, 1.165) is 0 Å². The maximum absolute atomic E-state index is 12.1. The molecule has 0 unspecified atom stereocenters. The summed E-state index contributed by atoms with van der Waals surface area (Å²) in [5.41, 5.74) is -2.17. The molecular formula is C6H2ClF3N2O2. The van der Waals surface area contributed by atoms with Gasteiger partial charge in [0.15, 0.2) is 0 Å². The van der Waals surface area contributed by atoms with E-state index in [2.05, 4.69) is 4.98 Å². The van der Waals surface area contributed by atoms with Gasteiger partial charge in [-0.25, -0.2) is 0 Å². The predicted octanol–water partition coefficient (Wildman–Crippen LogP) is 2.66. The molecule has 1 rings (SSSR count). The maximum Gasteiger partial charge on any atom is 0.419 e. The Balaban J connectivity index is 3.35. The van der Waals surface area contributed by atoms with E-state index < -0.39 is 27.4 Å². The molecule has 4 nitrogen and oxygen atoms in total. The minimum absolute atomic E-state index is 0.440. The Hall–Kier alpha value is -1.37. The Kier molecular flexibility index (Phi) is 2.61. The van der Waals surface area contributed by atoms with Crippen LogP contribution in [0.3, 0.4) is 0 Å². The predicted molar refractivity (Wildman–Crippen MR) is 40.9 cm³/mol. The molecule has 0 saturated heterocycles. The SMILES string of the molecule is O=[N+]([O-])c1cncc(C(F)(F)F)c1Cl. The van der Waals surface area contributed by atoms with Gasteiger partial charge in [0.05, 0.1) is 10.5 Å². The first-order chi connectivity index (χ1) is 6.34. The lowest BCUT2D eigenvalue weighted by molar-refractivity contribution is -0.385. The van der Waals surface area contributed by atoms with Crippen molar-refractivity contribution in [3.8, 4) is 0 Å². The Morgan fingerprint density at radius 2 is 2.00 bits per heavy atom. The fourth-order valence-electron chi connectivity index (χ4n) is 0.759. The normalized spacial score (nSPS) is 11.4. The van der Waals surface area contributed by atoms with Crippen molar-refractivity contribution in [2.45, 2.75) is 6.18 Å². The molecule has 0 N–H and O–H groups in total. The van der Waals surface area contributed by atoms with Crippen LogP contribution in [-0.2, 0) is 6.18 Å². The minimum Gasteiger partial charge on any atom is -0.258 e. The molecule has 0 aliphatic heterocycles. The molecule has 8 heteroatoms. The summed E-state index contributed by atoms with van der Waals surface area (Å²) in [4.78, 5) is 12.3. The molecule has 0 bridgehead atoms. The van der Waals surface area contributed by atoms with Gasteiger partial charge in [0.2, 0.25) is 0 Å². The van der Waals surface area contributed by atoms with Crippen molar-refractivity contribution in [1.29, 1.82) is 0 Å². The second-order valence-electron chi connectivity index (χ2n) is 2.28. The monoisotopic (exact) mass is 226 g/mol. The molecule has 0 radical (unpaired) electrons. The molecule has 0 spiro atoms. The highest BCUT2D eigenvalue weighted by atomic mass is 35.5. The summed E-state index contributed by atoms with van der Waals surface area (Å²) in [5.74, 6) is 0. The second kappa shape index (κ2) is 3.41. The lowest BCUT2D eigenvalue weighted by atomic mass is 10.2. The maximum atomic E-state index is 12.1. The third-order valence-corrected chi connectivity index (χ3v) is 1.76. The van der Waals surface area contributed by atoms with Gasteiger partial charge in [-0.1, -0.05) is 11.6 Å². The third kappa shape index (κ3) is 1.92. The van der Waals surface area contributed by atoms with Gasteiger partial charge in [0, 0.05) is 6.20 Å². The first-order valence-corrected chi connectivity index (χ1v) is 3.57. The number of rotatable bonds is 1. The molecule has 0 aromatic carbocycles. The van der Waals surface area contributed by atoms with Crippen molar-refractivity contribution in [1.82, 2.24) is 4.98 Å². The molecule has 0 amide bonds. The largest absolute Gasteiger partial charge is 0.419 e. The van der Waals surface area contributed by atoms with Crippen LogP contribution < -0.4 is 0 Å². The van der Waals surface area contributed by atoms with Gasteiger partial charge in [-0.05, 0) is 0 Å². The quantitative estimate of drug-likeness (QED) is 0.546. The van der Waals surface area contributed by atoms with Gasteiger partial charge < -0.3 is 0 Å². The van der Waals surface area contributed by atoms with Crippen molar-refractivity contribution in [3.05, 3.63) is 33.1 Å². The van der Waals surface area contributed by atoms with Crippen LogP contribution in [0.2, 0.25) is 5.02 Å². The molecule has 0 aliphatic carbocycles. The molecule has 0 saturated carbocycles. The standard InChI is InChI=1S/C6H2ClF3N2O2/c7-5-3(6(8,9)10)1-11-2-4(5)12(13)14/h1-2H. The second-order valence-corrected chi connectivity index (χ2v) is 2.65. The van der Waals surface area contributed by atoms with E-state index in [1.165, 1.54) is 0 Å². The molecule has 0 aliphatic rings. The first kappa shape index (κ1) is 10.7. The number of hydrogen-bond acceptors (Lipinski definition) is 3. The van der Waals surface area contributed by atoms with Crippen LogP contribution in [0.15, 0.2) is 12.4 Å². The van der Waals surface area contributed by atoms with E-state index in [1.54, 1.807) is 0 Å². The molecule has 0 atom stereocenters. The molecular weight excluding hydrogens is 225 g/mol. The van der Waals surface area contributed by atoms with Gasteiger partial charge in [-0.15, -0.1) is 0 Å². The van der Waals surface area contributed by atoms with Gasteiger partial charge in [-0.2, -0.15) is 13.2 Å². The summed E-state index contributed by atoms with van der Waals surface area (Å²) in [5, 5.41) is 9.27. The number of aromatic nitrogens is 1. The molecule has 14 heavy (non-hydrogen) atoms. The summed E-state index contributed by atoms with van der Waals surface area (Å²) in [6, 6.07) is 0. The highest BCUT2D eigenvalue weighted by Gasteiger charge is 2.36. The van der Waals surface area contributed by atoms with Crippen molar-refractivity contribution < 1.29 is 18.1 Å². The average Bonchev–Trinajstić information content (AvgIpc) is 2.01. The lowest BCUT2D eigenvalue weighted by Crippen LogP contribution is -2.07. The van der Waals surface area contributed by atoms with Crippen LogP contribution in [0.5, 0.6) is 0 Å². The zero-order valence-corrected chi connectivity index (χ0v) is 7.13. The van der Waals surface area contributed by atoms with Gasteiger partial charge >= 0.3 is 11.9 Å². The van der Waals surface area contributed by atoms with Crippen LogP contribution in [0, 0.1) is 10.1 Å². The van der Waals surface area contributed by atoms with Crippen molar-refractivity contribution in [2.24, 2.45) is 0 Å². The number of alkyl halides is 3. The number of nitro groups is 1. The number of hydrogen-bond donors (Lipinski definition) is 0. The van der Waals surface area contributed by atoms with Crippen molar-refractivity contribution in [3.63, 3.8) is 0 Å². The van der Waals surface area contributed by atoms with Gasteiger partial charge in [0.1, 0.15) is 11.2 Å². The van der Waals surface area contributed by atoms with E-state index in [1.807, 2.05) is 0 Å². The highest BCUT2D eigenvalue weighted by Crippen LogP contribution is 2.37. The molecule has 1 heterocycles. The fraction of sp³-hybridized carbons (Fsp3) is 0.167. The first-order valence-electron chi connectivity index (χ1n) is 3.19. The highest BCUT2D eigenvalue weighted by molar-refractivity contribution is 6.33. The lowest BCUT2D eigenvalue weighted by Gasteiger charge is -2.07. The van der Waals surface area contributed by atoms with Crippen LogP contribution >= 0.6 is 11.6 Å². The van der Waals surface area contributed by atoms with Gasteiger partial charge in [-0.3, -0.25) is 15.1 Å². The fourth-order valence-corrected chi connectivity index (χ4v) is 1.03. The van der Waals surface area contributed by atoms with E-state index in [0.29, 0.717) is 12.4 Å². The molecule has 1 aromatic heterocycles. The van der Waals surface area contributed by atoms with Crippen molar-refractivity contribution >= 4 is 17.3 Å². The van der Waals surface area contributed by atoms with Gasteiger partial charge in [0.25, 0.3) is 0 Å². The summed E-state index contributed by atoms with van der Waals surface area (Å²) < 4.78 is 36.4. The zero-order valence-electron chi connectivity index (χ0n) is 6.38.